The van der Waals surface area contributed by atoms with Gasteiger partial charge in [-0.1, -0.05) is 38.9 Å². The minimum Gasteiger partial charge on any atom is -0.331 e. The third kappa shape index (κ3) is 4.33. The van der Waals surface area contributed by atoms with Gasteiger partial charge in [-0.25, -0.2) is 0 Å². The maximum Gasteiger partial charge on any atom is 0.119 e. The number of halogens is 1. The number of hydrogen-bond acceptors (Lipinski definition) is 0. The van der Waals surface area contributed by atoms with E-state index >= 15 is 0 Å². The van der Waals surface area contributed by atoms with Gasteiger partial charge in [-0.2, -0.15) is 0 Å². The minimum atomic E-state index is -0.976. The second kappa shape index (κ2) is 6.14. The topological polar surface area (TPSA) is 0 Å². The van der Waals surface area contributed by atoms with Crippen LogP contribution in [0.3, 0.4) is 0 Å². The van der Waals surface area contributed by atoms with Crippen molar-refractivity contribution in [3.05, 3.63) is 0 Å². The van der Waals surface area contributed by atoms with Gasteiger partial charge in [-0.3, -0.25) is 0 Å². The quantitative estimate of drug-likeness (QED) is 0.361. The fourth-order valence-corrected chi connectivity index (χ4v) is 6.90. The molecule has 0 bridgehead atoms. The van der Waals surface area contributed by atoms with Crippen LogP contribution in [-0.4, -0.2) is 45.2 Å². The van der Waals surface area contributed by atoms with E-state index in [1.54, 1.807) is 0 Å². The van der Waals surface area contributed by atoms with E-state index < -0.39 is 8.07 Å². The first-order chi connectivity index (χ1) is 6.45. The molecule has 0 aromatic rings. The average molecular weight is 237 g/mol. The highest BCUT2D eigenvalue weighted by Crippen LogP contribution is 2.23. The van der Waals surface area contributed by atoms with Crippen LogP contribution in [-0.2, 0) is 0 Å². The molecule has 0 aliphatic rings. The monoisotopic (exact) mass is 236 g/mol. The molecule has 0 atom stereocenters. The van der Waals surface area contributed by atoms with Gasteiger partial charge in [0, 0.05) is 0 Å². The minimum absolute atomic E-state index is 0.786. The Bertz CT molecular complexity index is 147. The normalized spacial score (nSPS) is 13.3. The molecule has 0 N–H and O–H groups in total. The summed E-state index contributed by atoms with van der Waals surface area (Å²) >= 11 is 5.84. The summed E-state index contributed by atoms with van der Waals surface area (Å²) in [5.41, 5.74) is 0. The van der Waals surface area contributed by atoms with Crippen molar-refractivity contribution < 1.29 is 4.48 Å². The summed E-state index contributed by atoms with van der Waals surface area (Å²) in [7, 11) is 3.67. The van der Waals surface area contributed by atoms with E-state index in [2.05, 4.69) is 34.9 Å². The number of hydrogen-bond donors (Lipinski definition) is 0. The summed E-state index contributed by atoms with van der Waals surface area (Å²) in [6, 6.07) is 4.26. The van der Waals surface area contributed by atoms with Crippen molar-refractivity contribution in [2.24, 2.45) is 0 Å². The zero-order valence-electron chi connectivity index (χ0n) is 10.6. The third-order valence-electron chi connectivity index (χ3n) is 3.70. The first-order valence-corrected chi connectivity index (χ1v) is 9.19. The molecule has 0 rings (SSSR count). The van der Waals surface area contributed by atoms with Gasteiger partial charge < -0.3 is 4.48 Å². The lowest BCUT2D eigenvalue weighted by molar-refractivity contribution is -0.878. The van der Waals surface area contributed by atoms with Gasteiger partial charge in [0.1, 0.15) is 8.07 Å². The van der Waals surface area contributed by atoms with Gasteiger partial charge in [-0.05, 0) is 0 Å². The lowest BCUT2D eigenvalue weighted by atomic mass is 10.6. The van der Waals surface area contributed by atoms with E-state index in [0.29, 0.717) is 0 Å². The predicted octanol–water partition coefficient (Wildman–Crippen LogP) is 3.35. The first kappa shape index (κ1) is 14.5. The summed E-state index contributed by atoms with van der Waals surface area (Å²) in [5.74, 6) is 0.786. The molecule has 0 unspecified atom stereocenters. The van der Waals surface area contributed by atoms with Gasteiger partial charge in [0.05, 0.1) is 32.7 Å². The van der Waals surface area contributed by atoms with Crippen molar-refractivity contribution in [2.45, 2.75) is 38.9 Å². The third-order valence-corrected chi connectivity index (χ3v) is 9.90. The lowest BCUT2D eigenvalue weighted by Gasteiger charge is -2.38. The van der Waals surface area contributed by atoms with Crippen molar-refractivity contribution in [1.82, 2.24) is 0 Å². The van der Waals surface area contributed by atoms with E-state index in [1.165, 1.54) is 24.3 Å². The van der Waals surface area contributed by atoms with Gasteiger partial charge >= 0.3 is 0 Å². The fourth-order valence-electron chi connectivity index (χ4n) is 2.30. The van der Waals surface area contributed by atoms with Crippen molar-refractivity contribution in [2.75, 3.05) is 32.7 Å². The molecule has 0 heterocycles. The van der Waals surface area contributed by atoms with Gasteiger partial charge in [0.2, 0.25) is 0 Å². The molecule has 0 saturated heterocycles. The smallest absolute Gasteiger partial charge is 0.119 e. The molecular weight excluding hydrogens is 210 g/mol. The molecule has 14 heavy (non-hydrogen) atoms. The number of quaternary nitrogens is 1. The molecule has 1 nitrogen and oxygen atoms in total. The zero-order chi connectivity index (χ0) is 11.2. The Morgan fingerprint density at radius 2 is 1.43 bits per heavy atom. The number of nitrogens with zero attached hydrogens (tertiary/aromatic N) is 1. The fraction of sp³-hybridized carbons (Fsp3) is 1.00. The molecule has 0 amide bonds. The Labute approximate surface area is 96.0 Å². The van der Waals surface area contributed by atoms with E-state index in [0.717, 1.165) is 16.9 Å². The molecule has 86 valence electrons. The standard InChI is InChI=1S/C11H27ClNSi/c1-6-14(7-2,8-3)11-13(4,5)10-9-12/h6-11H2,1-5H3/q+1. The first-order valence-electron chi connectivity index (χ1n) is 5.83. The molecule has 0 aromatic carbocycles. The van der Waals surface area contributed by atoms with Crippen molar-refractivity contribution in [3.63, 3.8) is 0 Å². The SMILES string of the molecule is CC[Si](CC)(CC)C[N+](C)(C)CCCl. The van der Waals surface area contributed by atoms with E-state index in [4.69, 9.17) is 11.6 Å². The highest BCUT2D eigenvalue weighted by Gasteiger charge is 2.34. The molecule has 0 aliphatic carbocycles. The summed E-state index contributed by atoms with van der Waals surface area (Å²) in [4.78, 5) is 0. The van der Waals surface area contributed by atoms with Crippen LogP contribution in [0.25, 0.3) is 0 Å². The van der Waals surface area contributed by atoms with Crippen LogP contribution < -0.4 is 0 Å². The Balaban J connectivity index is 4.41. The Kier molecular flexibility index (Phi) is 6.34. The Hall–Kier alpha value is 0.467. The molecule has 0 aromatic heterocycles. The van der Waals surface area contributed by atoms with Crippen LogP contribution >= 0.6 is 11.6 Å². The van der Waals surface area contributed by atoms with Crippen LogP contribution in [0, 0.1) is 0 Å². The van der Waals surface area contributed by atoms with Gasteiger partial charge in [-0.15, -0.1) is 11.6 Å². The molecule has 0 saturated carbocycles. The highest BCUT2D eigenvalue weighted by molar-refractivity contribution is 6.79. The molecule has 3 heteroatoms. The predicted molar refractivity (Wildman–Crippen MR) is 69.8 cm³/mol. The van der Waals surface area contributed by atoms with E-state index in [9.17, 15) is 0 Å². The van der Waals surface area contributed by atoms with Crippen LogP contribution in [0.15, 0.2) is 0 Å². The van der Waals surface area contributed by atoms with Crippen LogP contribution in [0.4, 0.5) is 0 Å². The molecule has 0 radical (unpaired) electrons. The molecule has 0 spiro atoms. The van der Waals surface area contributed by atoms with Crippen molar-refractivity contribution in [3.8, 4) is 0 Å². The van der Waals surface area contributed by atoms with E-state index in [-0.39, 0.29) is 0 Å². The van der Waals surface area contributed by atoms with Crippen LogP contribution in [0.1, 0.15) is 20.8 Å². The summed E-state index contributed by atoms with van der Waals surface area (Å²) in [6.07, 6.45) is 1.39. The highest BCUT2D eigenvalue weighted by atomic mass is 35.5. The maximum atomic E-state index is 5.84. The Morgan fingerprint density at radius 1 is 1.00 bits per heavy atom. The summed E-state index contributed by atoms with van der Waals surface area (Å²) < 4.78 is 1.12. The van der Waals surface area contributed by atoms with Crippen LogP contribution in [0.2, 0.25) is 18.1 Å². The average Bonchev–Trinajstić information content (AvgIpc) is 2.14. The van der Waals surface area contributed by atoms with Crippen molar-refractivity contribution >= 4 is 19.7 Å². The van der Waals surface area contributed by atoms with Gasteiger partial charge in [0.15, 0.2) is 0 Å². The van der Waals surface area contributed by atoms with Crippen LogP contribution in [0.5, 0.6) is 0 Å². The number of alkyl halides is 1. The Morgan fingerprint density at radius 3 is 1.71 bits per heavy atom. The van der Waals surface area contributed by atoms with Crippen molar-refractivity contribution in [1.29, 1.82) is 0 Å². The molecular formula is C11H27ClNSi+. The number of rotatable bonds is 7. The summed E-state index contributed by atoms with van der Waals surface area (Å²) in [6.45, 7) is 8.23. The largest absolute Gasteiger partial charge is 0.331 e. The second-order valence-corrected chi connectivity index (χ2v) is 10.9. The molecule has 0 fully saturated rings. The lowest BCUT2D eigenvalue weighted by Crippen LogP contribution is -2.54. The zero-order valence-corrected chi connectivity index (χ0v) is 12.3. The van der Waals surface area contributed by atoms with E-state index in [1.807, 2.05) is 0 Å². The maximum absolute atomic E-state index is 5.84. The second-order valence-electron chi connectivity index (χ2n) is 5.07. The summed E-state index contributed by atoms with van der Waals surface area (Å²) in [5, 5.41) is 0. The molecule has 0 aliphatic heterocycles. The van der Waals surface area contributed by atoms with Gasteiger partial charge in [0.25, 0.3) is 0 Å².